The van der Waals surface area contributed by atoms with E-state index in [9.17, 15) is 0 Å². The first-order valence-corrected chi connectivity index (χ1v) is 9.07. The van der Waals surface area contributed by atoms with Gasteiger partial charge in [-0.15, -0.1) is 0 Å². The molecule has 6 nitrogen and oxygen atoms in total. The Kier molecular flexibility index (Phi) is 4.97. The average molecular weight is 339 g/mol. The summed E-state index contributed by atoms with van der Waals surface area (Å²) in [6.07, 6.45) is 2.81. The van der Waals surface area contributed by atoms with E-state index in [0.717, 1.165) is 63.5 Å². The Hall–Kier alpha value is -2.34. The molecule has 4 rings (SSSR count). The zero-order chi connectivity index (χ0) is 16.9. The van der Waals surface area contributed by atoms with Crippen molar-refractivity contribution in [1.82, 2.24) is 9.97 Å². The number of ether oxygens (including phenoxy) is 1. The Morgan fingerprint density at radius 3 is 2.64 bits per heavy atom. The Balaban J connectivity index is 1.22. The first kappa shape index (κ1) is 16.1. The van der Waals surface area contributed by atoms with Crippen molar-refractivity contribution in [3.8, 4) is 0 Å². The minimum absolute atomic E-state index is 0.758. The summed E-state index contributed by atoms with van der Waals surface area (Å²) in [5, 5.41) is 3.45. The van der Waals surface area contributed by atoms with E-state index >= 15 is 0 Å². The molecule has 0 aliphatic carbocycles. The molecule has 2 aromatic rings. The molecule has 0 unspecified atom stereocenters. The summed E-state index contributed by atoms with van der Waals surface area (Å²) in [6.45, 7) is 6.58. The SMILES string of the molecule is c1ccc(N2CC(CCNc3cc(N4CCOCC4)ncn3)C2)cc1. The molecule has 1 N–H and O–H groups in total. The van der Waals surface area contributed by atoms with Crippen LogP contribution in [0.3, 0.4) is 0 Å². The second kappa shape index (κ2) is 7.70. The maximum absolute atomic E-state index is 5.40. The Bertz CT molecular complexity index is 669. The number of nitrogens with one attached hydrogen (secondary N) is 1. The Labute approximate surface area is 148 Å². The summed E-state index contributed by atoms with van der Waals surface area (Å²) in [6, 6.07) is 12.7. The number of nitrogens with zero attached hydrogens (tertiary/aromatic N) is 4. The molecule has 0 saturated carbocycles. The van der Waals surface area contributed by atoms with Crippen molar-refractivity contribution in [2.24, 2.45) is 5.92 Å². The molecule has 2 saturated heterocycles. The van der Waals surface area contributed by atoms with Gasteiger partial charge in [-0.2, -0.15) is 0 Å². The molecule has 2 aliphatic rings. The van der Waals surface area contributed by atoms with Crippen LogP contribution in [0.5, 0.6) is 0 Å². The minimum Gasteiger partial charge on any atom is -0.378 e. The van der Waals surface area contributed by atoms with E-state index in [2.05, 4.69) is 55.4 Å². The second-order valence-electron chi connectivity index (χ2n) is 6.68. The second-order valence-corrected chi connectivity index (χ2v) is 6.68. The van der Waals surface area contributed by atoms with E-state index in [-0.39, 0.29) is 0 Å². The maximum Gasteiger partial charge on any atom is 0.134 e. The van der Waals surface area contributed by atoms with Crippen LogP contribution in [0.2, 0.25) is 0 Å². The molecule has 0 spiro atoms. The summed E-state index contributed by atoms with van der Waals surface area (Å²) in [5.41, 5.74) is 1.33. The van der Waals surface area contributed by atoms with Crippen LogP contribution in [-0.2, 0) is 4.74 Å². The summed E-state index contributed by atoms with van der Waals surface area (Å²) in [7, 11) is 0. The molecule has 6 heteroatoms. The van der Waals surface area contributed by atoms with Gasteiger partial charge in [-0.3, -0.25) is 0 Å². The number of hydrogen-bond donors (Lipinski definition) is 1. The van der Waals surface area contributed by atoms with Gasteiger partial charge in [-0.1, -0.05) is 18.2 Å². The van der Waals surface area contributed by atoms with Crippen LogP contribution >= 0.6 is 0 Å². The average Bonchev–Trinajstić information content (AvgIpc) is 2.65. The molecule has 1 aromatic carbocycles. The first-order chi connectivity index (χ1) is 12.4. The maximum atomic E-state index is 5.40. The highest BCUT2D eigenvalue weighted by Gasteiger charge is 2.26. The molecule has 3 heterocycles. The number of aromatic nitrogens is 2. The molecule has 0 atom stereocenters. The van der Waals surface area contributed by atoms with Crippen molar-refractivity contribution in [3.05, 3.63) is 42.7 Å². The van der Waals surface area contributed by atoms with Crippen LogP contribution in [0.15, 0.2) is 42.7 Å². The quantitative estimate of drug-likeness (QED) is 0.871. The molecule has 1 aromatic heterocycles. The smallest absolute Gasteiger partial charge is 0.134 e. The zero-order valence-corrected chi connectivity index (χ0v) is 14.5. The third kappa shape index (κ3) is 4.02. The predicted molar refractivity (Wildman–Crippen MR) is 100 cm³/mol. The van der Waals surface area contributed by atoms with E-state index < -0.39 is 0 Å². The molecule has 25 heavy (non-hydrogen) atoms. The number of rotatable bonds is 6. The van der Waals surface area contributed by atoms with Gasteiger partial charge in [0, 0.05) is 44.5 Å². The first-order valence-electron chi connectivity index (χ1n) is 9.07. The summed E-state index contributed by atoms with van der Waals surface area (Å²) >= 11 is 0. The highest BCUT2D eigenvalue weighted by atomic mass is 16.5. The van der Waals surface area contributed by atoms with Gasteiger partial charge in [0.05, 0.1) is 13.2 Å². The van der Waals surface area contributed by atoms with Gasteiger partial charge in [0.15, 0.2) is 0 Å². The number of benzene rings is 1. The van der Waals surface area contributed by atoms with Gasteiger partial charge in [-0.25, -0.2) is 9.97 Å². The van der Waals surface area contributed by atoms with Crippen molar-refractivity contribution in [3.63, 3.8) is 0 Å². The van der Waals surface area contributed by atoms with Crippen LogP contribution in [0.1, 0.15) is 6.42 Å². The fourth-order valence-electron chi connectivity index (χ4n) is 3.42. The van der Waals surface area contributed by atoms with Gasteiger partial charge < -0.3 is 19.9 Å². The third-order valence-electron chi connectivity index (χ3n) is 4.92. The number of morpholine rings is 1. The van der Waals surface area contributed by atoms with Gasteiger partial charge in [0.1, 0.15) is 18.0 Å². The van der Waals surface area contributed by atoms with E-state index in [0.29, 0.717) is 0 Å². The molecule has 2 fully saturated rings. The normalized spacial score (nSPS) is 18.1. The van der Waals surface area contributed by atoms with Crippen LogP contribution in [-0.4, -0.2) is 55.9 Å². The van der Waals surface area contributed by atoms with Crippen molar-refractivity contribution in [1.29, 1.82) is 0 Å². The summed E-state index contributed by atoms with van der Waals surface area (Å²) in [5.74, 6) is 2.66. The van der Waals surface area contributed by atoms with Crippen LogP contribution in [0.25, 0.3) is 0 Å². The van der Waals surface area contributed by atoms with Gasteiger partial charge in [0.2, 0.25) is 0 Å². The predicted octanol–water partition coefficient (Wildman–Crippen LogP) is 2.25. The summed E-state index contributed by atoms with van der Waals surface area (Å²) in [4.78, 5) is 13.4. The Morgan fingerprint density at radius 1 is 1.04 bits per heavy atom. The minimum atomic E-state index is 0.758. The largest absolute Gasteiger partial charge is 0.378 e. The van der Waals surface area contributed by atoms with E-state index in [1.807, 2.05) is 6.07 Å². The standard InChI is InChI=1S/C19H25N5O/c1-2-4-17(5-3-1)24-13-16(14-24)6-7-20-18-12-19(22-15-21-18)23-8-10-25-11-9-23/h1-5,12,15-16H,6-11,13-14H2,(H,20,21,22). The molecule has 0 radical (unpaired) electrons. The third-order valence-corrected chi connectivity index (χ3v) is 4.92. The van der Waals surface area contributed by atoms with E-state index in [1.165, 1.54) is 12.1 Å². The number of hydrogen-bond acceptors (Lipinski definition) is 6. The summed E-state index contributed by atoms with van der Waals surface area (Å²) < 4.78 is 5.40. The van der Waals surface area contributed by atoms with Gasteiger partial charge >= 0.3 is 0 Å². The lowest BCUT2D eigenvalue weighted by Crippen LogP contribution is -2.47. The fourth-order valence-corrected chi connectivity index (χ4v) is 3.42. The lowest BCUT2D eigenvalue weighted by atomic mass is 9.95. The van der Waals surface area contributed by atoms with Crippen molar-refractivity contribution in [2.75, 3.05) is 61.1 Å². The van der Waals surface area contributed by atoms with Gasteiger partial charge in [0.25, 0.3) is 0 Å². The zero-order valence-electron chi connectivity index (χ0n) is 14.5. The number of para-hydroxylation sites is 1. The van der Waals surface area contributed by atoms with E-state index in [4.69, 9.17) is 4.74 Å². The monoisotopic (exact) mass is 339 g/mol. The van der Waals surface area contributed by atoms with Crippen LogP contribution in [0.4, 0.5) is 17.3 Å². The van der Waals surface area contributed by atoms with Gasteiger partial charge in [-0.05, 0) is 24.5 Å². The highest BCUT2D eigenvalue weighted by molar-refractivity contribution is 5.49. The molecule has 132 valence electrons. The lowest BCUT2D eigenvalue weighted by molar-refractivity contribution is 0.122. The number of anilines is 3. The lowest BCUT2D eigenvalue weighted by Gasteiger charge is -2.41. The van der Waals surface area contributed by atoms with Crippen LogP contribution < -0.4 is 15.1 Å². The highest BCUT2D eigenvalue weighted by Crippen LogP contribution is 2.26. The van der Waals surface area contributed by atoms with Crippen molar-refractivity contribution >= 4 is 17.3 Å². The molecule has 0 bridgehead atoms. The molecule has 2 aliphatic heterocycles. The molecular weight excluding hydrogens is 314 g/mol. The molecule has 0 amide bonds. The van der Waals surface area contributed by atoms with Crippen molar-refractivity contribution < 1.29 is 4.74 Å². The fraction of sp³-hybridized carbons (Fsp3) is 0.474. The van der Waals surface area contributed by atoms with Crippen LogP contribution in [0, 0.1) is 5.92 Å². The van der Waals surface area contributed by atoms with Crippen molar-refractivity contribution in [2.45, 2.75) is 6.42 Å². The molecular formula is C19H25N5O. The van der Waals surface area contributed by atoms with E-state index in [1.54, 1.807) is 6.33 Å². The Morgan fingerprint density at radius 2 is 1.84 bits per heavy atom. The topological polar surface area (TPSA) is 53.5 Å².